The molecule has 0 fully saturated rings. The fourth-order valence-electron chi connectivity index (χ4n) is 1.49. The minimum Gasteiger partial charge on any atom is -0.357 e. The van der Waals surface area contributed by atoms with Gasteiger partial charge in [0.1, 0.15) is 11.4 Å². The van der Waals surface area contributed by atoms with Crippen LogP contribution in [0.3, 0.4) is 0 Å². The molecule has 1 amide bonds. The topological polar surface area (TPSA) is 75.0 Å². The minimum atomic E-state index is -0.656. The number of nitrogens with zero attached hydrogens (tertiary/aromatic N) is 1. The van der Waals surface area contributed by atoms with E-state index in [4.69, 9.17) is 22.1 Å². The summed E-state index contributed by atoms with van der Waals surface area (Å²) in [7, 11) is 0. The van der Waals surface area contributed by atoms with E-state index in [0.29, 0.717) is 11.7 Å². The van der Waals surface area contributed by atoms with Gasteiger partial charge in [-0.05, 0) is 32.4 Å². The Hall–Kier alpha value is -1.17. The lowest BCUT2D eigenvalue weighted by atomic mass is 10.2. The highest BCUT2D eigenvalue weighted by Gasteiger charge is 2.20. The van der Waals surface area contributed by atoms with Gasteiger partial charge in [0.25, 0.3) is 0 Å². The van der Waals surface area contributed by atoms with Gasteiger partial charge in [-0.15, -0.1) is 0 Å². The van der Waals surface area contributed by atoms with Crippen molar-refractivity contribution in [1.29, 1.82) is 0 Å². The van der Waals surface area contributed by atoms with E-state index in [1.165, 1.54) is 0 Å². The highest BCUT2D eigenvalue weighted by molar-refractivity contribution is 6.29. The Bertz CT molecular complexity index is 415. The molecule has 1 atom stereocenters. The van der Waals surface area contributed by atoms with Crippen molar-refractivity contribution in [2.24, 2.45) is 0 Å². The lowest BCUT2D eigenvalue weighted by Gasteiger charge is -2.27. The van der Waals surface area contributed by atoms with Gasteiger partial charge in [0.15, 0.2) is 0 Å². The number of pyridine rings is 1. The zero-order chi connectivity index (χ0) is 14.5. The van der Waals surface area contributed by atoms with Crippen molar-refractivity contribution in [3.63, 3.8) is 0 Å². The molecule has 0 aromatic carbocycles. The first kappa shape index (κ1) is 15.9. The van der Waals surface area contributed by atoms with Crippen LogP contribution < -0.4 is 11.1 Å². The Kier molecular flexibility index (Phi) is 5.72. The van der Waals surface area contributed by atoms with Gasteiger partial charge in [-0.1, -0.05) is 17.7 Å². The average Bonchev–Trinajstić information content (AvgIpc) is 2.25. The van der Waals surface area contributed by atoms with Crippen LogP contribution in [0.1, 0.15) is 32.8 Å². The van der Waals surface area contributed by atoms with Gasteiger partial charge in [0, 0.05) is 12.7 Å². The van der Waals surface area contributed by atoms with E-state index < -0.39 is 12.1 Å². The number of ether oxygens (including phenoxy) is 1. The molecule has 1 rings (SSSR count). The molecule has 0 aliphatic rings. The molecule has 1 aromatic rings. The van der Waals surface area contributed by atoms with Crippen molar-refractivity contribution in [3.05, 3.63) is 29.0 Å². The van der Waals surface area contributed by atoms with Crippen LogP contribution in [-0.2, 0) is 16.1 Å². The maximum Gasteiger partial charge on any atom is 0.242 e. The van der Waals surface area contributed by atoms with E-state index in [9.17, 15) is 4.79 Å². The smallest absolute Gasteiger partial charge is 0.242 e. The maximum atomic E-state index is 10.9. The first-order valence-electron chi connectivity index (χ1n) is 6.02. The van der Waals surface area contributed by atoms with Crippen LogP contribution in [-0.4, -0.2) is 22.7 Å². The zero-order valence-corrected chi connectivity index (χ0v) is 12.1. The van der Waals surface area contributed by atoms with Gasteiger partial charge in [0.2, 0.25) is 5.91 Å². The van der Waals surface area contributed by atoms with E-state index in [1.807, 2.05) is 26.8 Å². The summed E-state index contributed by atoms with van der Waals surface area (Å²) >= 11 is 5.70. The van der Waals surface area contributed by atoms with Crippen molar-refractivity contribution >= 4 is 17.5 Å². The fourth-order valence-corrected chi connectivity index (χ4v) is 1.61. The van der Waals surface area contributed by atoms with Crippen molar-refractivity contribution in [1.82, 2.24) is 16.0 Å². The molecule has 0 saturated carbocycles. The number of amides is 1. The lowest BCUT2D eigenvalue weighted by Crippen LogP contribution is -2.39. The van der Waals surface area contributed by atoms with E-state index in [2.05, 4.69) is 10.3 Å². The molecular formula is C13H19ClN3O2. The van der Waals surface area contributed by atoms with Crippen molar-refractivity contribution < 1.29 is 9.53 Å². The number of carbonyl (C=O) groups is 1. The summed E-state index contributed by atoms with van der Waals surface area (Å²) < 4.78 is 5.70. The Morgan fingerprint density at radius 1 is 1.53 bits per heavy atom. The summed E-state index contributed by atoms with van der Waals surface area (Å²) in [5.41, 5.74) is 7.59. The highest BCUT2D eigenvalue weighted by atomic mass is 35.5. The number of aromatic nitrogens is 1. The summed E-state index contributed by atoms with van der Waals surface area (Å²) in [6, 6.07) is 3.55. The molecule has 105 valence electrons. The number of halogens is 1. The lowest BCUT2D eigenvalue weighted by molar-refractivity contribution is -0.127. The summed E-state index contributed by atoms with van der Waals surface area (Å²) in [5.74, 6) is -0.656. The molecule has 1 aromatic heterocycles. The van der Waals surface area contributed by atoms with Crippen LogP contribution in [0, 0.1) is 0 Å². The first-order valence-corrected chi connectivity index (χ1v) is 6.40. The second-order valence-electron chi connectivity index (χ2n) is 5.22. The normalized spacial score (nSPS) is 13.3. The summed E-state index contributed by atoms with van der Waals surface area (Å²) in [6.45, 7) is 6.21. The summed E-state index contributed by atoms with van der Waals surface area (Å²) in [4.78, 5) is 14.9. The molecule has 0 aliphatic heterocycles. The van der Waals surface area contributed by atoms with Gasteiger partial charge in [-0.2, -0.15) is 0 Å². The molecule has 1 unspecified atom stereocenters. The number of rotatable bonds is 6. The van der Waals surface area contributed by atoms with Crippen molar-refractivity contribution in [2.45, 2.75) is 45.6 Å². The van der Waals surface area contributed by atoms with E-state index in [-0.39, 0.29) is 12.0 Å². The molecular weight excluding hydrogens is 266 g/mol. The molecule has 2 N–H and O–H groups in total. The Morgan fingerprint density at radius 3 is 2.68 bits per heavy atom. The number of hydrogen-bond acceptors (Lipinski definition) is 4. The van der Waals surface area contributed by atoms with Crippen molar-refractivity contribution in [3.8, 4) is 0 Å². The molecule has 1 heterocycles. The summed E-state index contributed by atoms with van der Waals surface area (Å²) in [6.07, 6.45) is 1.19. The second-order valence-corrected chi connectivity index (χ2v) is 5.60. The van der Waals surface area contributed by atoms with Gasteiger partial charge in [-0.3, -0.25) is 15.8 Å². The predicted octanol–water partition coefficient (Wildman–Crippen LogP) is 2.17. The monoisotopic (exact) mass is 284 g/mol. The number of nitrogens with one attached hydrogen (secondary N) is 2. The molecule has 0 bridgehead atoms. The van der Waals surface area contributed by atoms with E-state index in [0.717, 1.165) is 5.56 Å². The first-order chi connectivity index (χ1) is 8.76. The summed E-state index contributed by atoms with van der Waals surface area (Å²) in [5, 5.41) is 3.53. The van der Waals surface area contributed by atoms with E-state index >= 15 is 0 Å². The fraction of sp³-hybridized carbons (Fsp3) is 0.538. The van der Waals surface area contributed by atoms with Gasteiger partial charge in [-0.25, -0.2) is 4.98 Å². The van der Waals surface area contributed by atoms with Crippen LogP contribution in [0.2, 0.25) is 5.15 Å². The average molecular weight is 285 g/mol. The van der Waals surface area contributed by atoms with Gasteiger partial charge in [0.05, 0.1) is 12.0 Å². The van der Waals surface area contributed by atoms with Crippen LogP contribution in [0.15, 0.2) is 18.3 Å². The SMILES string of the molecule is CC(C)(C)OC(CC([NH])=O)NCc1ccc(Cl)nc1. The largest absolute Gasteiger partial charge is 0.357 e. The van der Waals surface area contributed by atoms with Crippen LogP contribution in [0.25, 0.3) is 0 Å². The molecule has 0 aliphatic carbocycles. The number of carbonyl (C=O) groups excluding carboxylic acids is 1. The minimum absolute atomic E-state index is 0.0122. The third kappa shape index (κ3) is 7.10. The molecule has 19 heavy (non-hydrogen) atoms. The van der Waals surface area contributed by atoms with E-state index in [1.54, 1.807) is 12.3 Å². The van der Waals surface area contributed by atoms with Crippen LogP contribution in [0.5, 0.6) is 0 Å². The van der Waals surface area contributed by atoms with Crippen LogP contribution >= 0.6 is 11.6 Å². The third-order valence-electron chi connectivity index (χ3n) is 2.19. The van der Waals surface area contributed by atoms with Gasteiger partial charge < -0.3 is 4.74 Å². The molecule has 0 saturated heterocycles. The Labute approximate surface area is 118 Å². The maximum absolute atomic E-state index is 10.9. The van der Waals surface area contributed by atoms with Gasteiger partial charge >= 0.3 is 0 Å². The third-order valence-corrected chi connectivity index (χ3v) is 2.41. The zero-order valence-electron chi connectivity index (χ0n) is 11.4. The molecule has 5 nitrogen and oxygen atoms in total. The highest BCUT2D eigenvalue weighted by Crippen LogP contribution is 2.12. The van der Waals surface area contributed by atoms with Crippen molar-refractivity contribution in [2.75, 3.05) is 0 Å². The molecule has 6 heteroatoms. The predicted molar refractivity (Wildman–Crippen MR) is 73.4 cm³/mol. The Balaban J connectivity index is 2.57. The second kappa shape index (κ2) is 6.84. The number of hydrogen-bond donors (Lipinski definition) is 1. The molecule has 0 spiro atoms. The van der Waals surface area contributed by atoms with Crippen LogP contribution in [0.4, 0.5) is 0 Å². The quantitative estimate of drug-likeness (QED) is 0.642. The standard InChI is InChI=1S/C13H19ClN3O2/c1-13(2,3)19-12(6-11(15)18)17-8-9-4-5-10(14)16-7-9/h4-5,7,12,15,17H,6,8H2,1-3H3. The molecule has 1 radical (unpaired) electrons. The Morgan fingerprint density at radius 2 is 2.21 bits per heavy atom.